The summed E-state index contributed by atoms with van der Waals surface area (Å²) in [6.45, 7) is 2.29. The van der Waals surface area contributed by atoms with Crippen LogP contribution >= 0.6 is 0 Å². The number of aromatic nitrogens is 2. The highest BCUT2D eigenvalue weighted by Crippen LogP contribution is 2.50. The second-order valence-corrected chi connectivity index (χ2v) is 7.27. The van der Waals surface area contributed by atoms with E-state index in [0.717, 1.165) is 45.6 Å². The van der Waals surface area contributed by atoms with Gasteiger partial charge >= 0.3 is 0 Å². The van der Waals surface area contributed by atoms with Gasteiger partial charge in [-0.1, -0.05) is 18.6 Å². The van der Waals surface area contributed by atoms with Gasteiger partial charge in [-0.3, -0.25) is 0 Å². The van der Waals surface area contributed by atoms with Gasteiger partial charge in [0.05, 0.1) is 0 Å². The third-order valence-corrected chi connectivity index (χ3v) is 5.96. The molecule has 3 aromatic rings. The lowest BCUT2D eigenvalue weighted by Crippen LogP contribution is -2.30. The topological polar surface area (TPSA) is 51.0 Å². The molecule has 1 N–H and O–H groups in total. The molecule has 2 aliphatic carbocycles. The molecule has 0 aliphatic heterocycles. The van der Waals surface area contributed by atoms with Crippen LogP contribution in [0.4, 0.5) is 5.82 Å². The normalized spacial score (nSPS) is 27.8. The van der Waals surface area contributed by atoms with Gasteiger partial charge in [0.15, 0.2) is 11.4 Å². The van der Waals surface area contributed by atoms with E-state index in [2.05, 4.69) is 28.3 Å². The molecular weight excluding hydrogens is 286 g/mol. The molecule has 5 rings (SSSR count). The first-order chi connectivity index (χ1) is 11.3. The molecule has 2 heterocycles. The number of para-hydroxylation sites is 1. The van der Waals surface area contributed by atoms with Crippen molar-refractivity contribution < 1.29 is 4.42 Å². The van der Waals surface area contributed by atoms with Crippen molar-refractivity contribution in [3.8, 4) is 0 Å². The van der Waals surface area contributed by atoms with Crippen LogP contribution in [0.1, 0.15) is 32.6 Å². The van der Waals surface area contributed by atoms with Crippen molar-refractivity contribution in [1.29, 1.82) is 0 Å². The Hall–Kier alpha value is -2.10. The van der Waals surface area contributed by atoms with E-state index in [0.29, 0.717) is 6.04 Å². The Morgan fingerprint density at radius 2 is 2.09 bits per heavy atom. The number of nitrogens with one attached hydrogen (secondary N) is 1. The number of anilines is 1. The third-order valence-electron chi connectivity index (χ3n) is 5.96. The summed E-state index contributed by atoms with van der Waals surface area (Å²) in [6, 6.07) is 8.47. The van der Waals surface area contributed by atoms with E-state index in [4.69, 9.17) is 4.42 Å². The molecule has 0 amide bonds. The van der Waals surface area contributed by atoms with Gasteiger partial charge < -0.3 is 9.73 Å². The number of hydrogen-bond donors (Lipinski definition) is 1. The maximum Gasteiger partial charge on any atom is 0.196 e. The smallest absolute Gasteiger partial charge is 0.196 e. The predicted molar refractivity (Wildman–Crippen MR) is 91.3 cm³/mol. The van der Waals surface area contributed by atoms with Gasteiger partial charge in [-0.05, 0) is 56.1 Å². The molecule has 2 saturated carbocycles. The van der Waals surface area contributed by atoms with Crippen LogP contribution in [-0.2, 0) is 0 Å². The molecule has 1 aromatic carbocycles. The van der Waals surface area contributed by atoms with Crippen LogP contribution in [-0.4, -0.2) is 16.0 Å². The van der Waals surface area contributed by atoms with E-state index < -0.39 is 0 Å². The van der Waals surface area contributed by atoms with Crippen molar-refractivity contribution >= 4 is 27.9 Å². The van der Waals surface area contributed by atoms with E-state index in [9.17, 15) is 0 Å². The third kappa shape index (κ3) is 2.04. The summed E-state index contributed by atoms with van der Waals surface area (Å²) in [6.07, 6.45) is 7.29. The van der Waals surface area contributed by atoms with Crippen molar-refractivity contribution in [3.63, 3.8) is 0 Å². The lowest BCUT2D eigenvalue weighted by Gasteiger charge is -2.28. The molecule has 0 radical (unpaired) electrons. The van der Waals surface area contributed by atoms with Crippen molar-refractivity contribution in [2.24, 2.45) is 17.8 Å². The summed E-state index contributed by atoms with van der Waals surface area (Å²) in [7, 11) is 0. The lowest BCUT2D eigenvalue weighted by atomic mass is 9.84. The van der Waals surface area contributed by atoms with Crippen molar-refractivity contribution in [1.82, 2.24) is 9.97 Å². The SMILES string of the molecule is C[C@@H](Nc1ncnc2c1oc1ccccc12)[C@H]1C[C@H]2CC[C@H]1C2. The summed E-state index contributed by atoms with van der Waals surface area (Å²) in [5.41, 5.74) is 2.56. The molecule has 2 aliphatic rings. The number of fused-ring (bicyclic) bond motifs is 5. The summed E-state index contributed by atoms with van der Waals surface area (Å²) in [5, 5.41) is 4.68. The Labute approximate surface area is 135 Å². The van der Waals surface area contributed by atoms with Crippen LogP contribution in [0.2, 0.25) is 0 Å². The Balaban J connectivity index is 1.50. The molecule has 4 heteroatoms. The molecule has 23 heavy (non-hydrogen) atoms. The van der Waals surface area contributed by atoms with Crippen molar-refractivity contribution in [2.75, 3.05) is 5.32 Å². The highest BCUT2D eigenvalue weighted by molar-refractivity contribution is 6.05. The maximum atomic E-state index is 6.02. The highest BCUT2D eigenvalue weighted by Gasteiger charge is 2.42. The van der Waals surface area contributed by atoms with Crippen molar-refractivity contribution in [2.45, 2.75) is 38.6 Å². The summed E-state index contributed by atoms with van der Waals surface area (Å²) in [5.74, 6) is 3.46. The van der Waals surface area contributed by atoms with Crippen LogP contribution in [0.25, 0.3) is 22.1 Å². The molecule has 2 bridgehead atoms. The van der Waals surface area contributed by atoms with Crippen LogP contribution in [0, 0.1) is 17.8 Å². The first-order valence-corrected chi connectivity index (χ1v) is 8.68. The largest absolute Gasteiger partial charge is 0.450 e. The Kier molecular flexibility index (Phi) is 2.87. The second-order valence-electron chi connectivity index (χ2n) is 7.27. The molecule has 0 unspecified atom stereocenters. The molecular formula is C19H21N3O. The zero-order valence-electron chi connectivity index (χ0n) is 13.3. The van der Waals surface area contributed by atoms with E-state index >= 15 is 0 Å². The lowest BCUT2D eigenvalue weighted by molar-refractivity contribution is 0.304. The molecule has 2 aromatic heterocycles. The minimum atomic E-state index is 0.427. The molecule has 2 fully saturated rings. The van der Waals surface area contributed by atoms with Crippen molar-refractivity contribution in [3.05, 3.63) is 30.6 Å². The van der Waals surface area contributed by atoms with Gasteiger partial charge in [0, 0.05) is 11.4 Å². The first kappa shape index (κ1) is 13.3. The number of nitrogens with zero attached hydrogens (tertiary/aromatic N) is 2. The number of furan rings is 1. The Bertz CT molecular complexity index is 871. The predicted octanol–water partition coefficient (Wildman–Crippen LogP) is 4.61. The van der Waals surface area contributed by atoms with Gasteiger partial charge in [-0.2, -0.15) is 0 Å². The van der Waals surface area contributed by atoms with Gasteiger partial charge in [0.1, 0.15) is 17.4 Å². The molecule has 4 atom stereocenters. The number of hydrogen-bond acceptors (Lipinski definition) is 4. The first-order valence-electron chi connectivity index (χ1n) is 8.68. The van der Waals surface area contributed by atoms with Gasteiger partial charge in [-0.25, -0.2) is 9.97 Å². The van der Waals surface area contributed by atoms with Gasteiger partial charge in [0.2, 0.25) is 0 Å². The molecule has 4 nitrogen and oxygen atoms in total. The summed E-state index contributed by atoms with van der Waals surface area (Å²) >= 11 is 0. The summed E-state index contributed by atoms with van der Waals surface area (Å²) < 4.78 is 6.02. The minimum absolute atomic E-state index is 0.427. The van der Waals surface area contributed by atoms with E-state index in [-0.39, 0.29) is 0 Å². The monoisotopic (exact) mass is 307 g/mol. The van der Waals surface area contributed by atoms with Gasteiger partial charge in [0.25, 0.3) is 0 Å². The average Bonchev–Trinajstić information content (AvgIpc) is 3.28. The van der Waals surface area contributed by atoms with Crippen LogP contribution in [0.15, 0.2) is 35.0 Å². The zero-order chi connectivity index (χ0) is 15.4. The zero-order valence-corrected chi connectivity index (χ0v) is 13.3. The Morgan fingerprint density at radius 1 is 1.17 bits per heavy atom. The van der Waals surface area contributed by atoms with Gasteiger partial charge in [-0.15, -0.1) is 0 Å². The second kappa shape index (κ2) is 4.95. The van der Waals surface area contributed by atoms with Crippen LogP contribution < -0.4 is 5.32 Å². The van der Waals surface area contributed by atoms with E-state index in [1.165, 1.54) is 25.7 Å². The fourth-order valence-corrected chi connectivity index (χ4v) is 4.86. The molecule has 118 valence electrons. The fourth-order valence-electron chi connectivity index (χ4n) is 4.86. The maximum absolute atomic E-state index is 6.02. The molecule has 0 saturated heterocycles. The van der Waals surface area contributed by atoms with Crippen LogP contribution in [0.5, 0.6) is 0 Å². The minimum Gasteiger partial charge on any atom is -0.450 e. The number of benzene rings is 1. The standard InChI is InChI=1S/C19H21N3O/c1-11(15-9-12-6-7-13(15)8-12)22-19-18-17(20-10-21-19)14-4-2-3-5-16(14)23-18/h2-5,10-13,15H,6-9H2,1H3,(H,20,21,22)/t11-,12+,13+,15-/m1/s1. The van der Waals surface area contributed by atoms with E-state index in [1.807, 2.05) is 18.2 Å². The number of rotatable bonds is 3. The quantitative estimate of drug-likeness (QED) is 0.767. The molecule has 0 spiro atoms. The van der Waals surface area contributed by atoms with E-state index in [1.54, 1.807) is 6.33 Å². The Morgan fingerprint density at radius 3 is 2.91 bits per heavy atom. The average molecular weight is 307 g/mol. The highest BCUT2D eigenvalue weighted by atomic mass is 16.3. The van der Waals surface area contributed by atoms with Crippen LogP contribution in [0.3, 0.4) is 0 Å². The fraction of sp³-hybridized carbons (Fsp3) is 0.474. The summed E-state index contributed by atoms with van der Waals surface area (Å²) in [4.78, 5) is 8.89.